The predicted octanol–water partition coefficient (Wildman–Crippen LogP) is 4.23. The molecule has 1 aliphatic rings. The average molecular weight is 448 g/mol. The number of piperidine rings is 1. The van der Waals surface area contributed by atoms with Gasteiger partial charge in [0.25, 0.3) is 0 Å². The first kappa shape index (κ1) is 20.2. The molecule has 0 atom stereocenters. The lowest BCUT2D eigenvalue weighted by Crippen LogP contribution is -2.35. The summed E-state index contributed by atoms with van der Waals surface area (Å²) in [6.45, 7) is 1.10. The largest absolute Gasteiger partial charge is 0.326 e. The topological polar surface area (TPSA) is 79.4 Å². The zero-order valence-corrected chi connectivity index (χ0v) is 18.2. The number of aromatic nitrogens is 1. The van der Waals surface area contributed by atoms with E-state index in [1.165, 1.54) is 21.7 Å². The van der Waals surface area contributed by atoms with E-state index in [0.29, 0.717) is 24.5 Å². The lowest BCUT2D eigenvalue weighted by Gasteiger charge is -2.26. The van der Waals surface area contributed by atoms with Gasteiger partial charge < -0.3 is 5.32 Å². The van der Waals surface area contributed by atoms with Gasteiger partial charge in [0.2, 0.25) is 15.9 Å². The third-order valence-electron chi connectivity index (χ3n) is 4.73. The summed E-state index contributed by atoms with van der Waals surface area (Å²) in [5.74, 6) is -0.223. The second kappa shape index (κ2) is 8.74. The summed E-state index contributed by atoms with van der Waals surface area (Å²) in [6, 6.07) is 8.46. The van der Waals surface area contributed by atoms with Crippen LogP contribution in [0.15, 0.2) is 51.4 Å². The van der Waals surface area contributed by atoms with Crippen LogP contribution in [0.5, 0.6) is 0 Å². The first-order chi connectivity index (χ1) is 14.0. The van der Waals surface area contributed by atoms with E-state index in [2.05, 4.69) is 10.3 Å². The predicted molar refractivity (Wildman–Crippen MR) is 117 cm³/mol. The maximum atomic E-state index is 12.8. The SMILES string of the molecule is O=C(Cc1csc(-c2ccsc2)n1)Nc1cccc(S(=O)(=O)N2CCCCC2)c1. The monoisotopic (exact) mass is 447 g/mol. The molecule has 4 rings (SSSR count). The van der Waals surface area contributed by atoms with Gasteiger partial charge in [-0.25, -0.2) is 13.4 Å². The van der Waals surface area contributed by atoms with E-state index in [4.69, 9.17) is 0 Å². The molecule has 0 spiro atoms. The van der Waals surface area contributed by atoms with Crippen LogP contribution in [0.25, 0.3) is 10.6 Å². The molecule has 1 fully saturated rings. The van der Waals surface area contributed by atoms with E-state index in [1.54, 1.807) is 29.5 Å². The van der Waals surface area contributed by atoms with E-state index >= 15 is 0 Å². The number of carbonyl (C=O) groups excluding carboxylic acids is 1. The average Bonchev–Trinajstić information content (AvgIpc) is 3.40. The van der Waals surface area contributed by atoms with E-state index < -0.39 is 10.0 Å². The van der Waals surface area contributed by atoms with Crippen molar-refractivity contribution < 1.29 is 13.2 Å². The number of nitrogens with zero attached hydrogens (tertiary/aromatic N) is 2. The Bertz CT molecular complexity index is 1090. The Balaban J connectivity index is 1.43. The zero-order chi connectivity index (χ0) is 20.3. The first-order valence-electron chi connectivity index (χ1n) is 9.39. The van der Waals surface area contributed by atoms with Crippen molar-refractivity contribution in [3.63, 3.8) is 0 Å². The molecule has 29 heavy (non-hydrogen) atoms. The second-order valence-electron chi connectivity index (χ2n) is 6.87. The molecule has 1 amide bonds. The van der Waals surface area contributed by atoms with Crippen LogP contribution in [0, 0.1) is 0 Å². The van der Waals surface area contributed by atoms with Gasteiger partial charge >= 0.3 is 0 Å². The van der Waals surface area contributed by atoms with Crippen molar-refractivity contribution >= 4 is 44.3 Å². The summed E-state index contributed by atoms with van der Waals surface area (Å²) < 4.78 is 27.2. The van der Waals surface area contributed by atoms with Gasteiger partial charge in [0, 0.05) is 35.1 Å². The number of thiazole rings is 1. The Morgan fingerprint density at radius 3 is 2.72 bits per heavy atom. The number of anilines is 1. The van der Waals surface area contributed by atoms with Crippen LogP contribution >= 0.6 is 22.7 Å². The van der Waals surface area contributed by atoms with E-state index in [9.17, 15) is 13.2 Å². The van der Waals surface area contributed by atoms with Gasteiger partial charge in [-0.05, 0) is 42.5 Å². The van der Waals surface area contributed by atoms with Gasteiger partial charge in [0.15, 0.2) is 0 Å². The quantitative estimate of drug-likeness (QED) is 0.613. The van der Waals surface area contributed by atoms with Crippen molar-refractivity contribution in [2.75, 3.05) is 18.4 Å². The highest BCUT2D eigenvalue weighted by atomic mass is 32.2. The van der Waals surface area contributed by atoms with Crippen molar-refractivity contribution in [2.24, 2.45) is 0 Å². The number of sulfonamides is 1. The van der Waals surface area contributed by atoms with E-state index in [0.717, 1.165) is 29.8 Å². The van der Waals surface area contributed by atoms with Gasteiger partial charge in [-0.2, -0.15) is 15.6 Å². The fourth-order valence-electron chi connectivity index (χ4n) is 3.27. The van der Waals surface area contributed by atoms with Crippen molar-refractivity contribution in [3.05, 3.63) is 52.2 Å². The third-order valence-corrected chi connectivity index (χ3v) is 8.25. The summed E-state index contributed by atoms with van der Waals surface area (Å²) in [7, 11) is -3.53. The highest BCUT2D eigenvalue weighted by Crippen LogP contribution is 2.26. The molecule has 1 N–H and O–H groups in total. The molecule has 1 saturated heterocycles. The molecule has 6 nitrogen and oxygen atoms in total. The Kier molecular flexibility index (Phi) is 6.09. The van der Waals surface area contributed by atoms with Crippen molar-refractivity contribution in [3.8, 4) is 10.6 Å². The lowest BCUT2D eigenvalue weighted by atomic mass is 10.2. The Labute approximate surface area is 178 Å². The summed E-state index contributed by atoms with van der Waals surface area (Å²) >= 11 is 3.12. The minimum atomic E-state index is -3.53. The highest BCUT2D eigenvalue weighted by Gasteiger charge is 2.26. The van der Waals surface area contributed by atoms with Crippen LogP contribution in [0.2, 0.25) is 0 Å². The Hall–Kier alpha value is -2.07. The molecule has 9 heteroatoms. The molecule has 3 aromatic rings. The van der Waals surface area contributed by atoms with Crippen molar-refractivity contribution in [2.45, 2.75) is 30.6 Å². The molecule has 1 aromatic carbocycles. The molecule has 0 bridgehead atoms. The standard InChI is InChI=1S/C20H21N3O3S3/c24-19(12-17-14-28-20(22-17)15-7-10-27-13-15)21-16-5-4-6-18(11-16)29(25,26)23-8-2-1-3-9-23/h4-7,10-11,13-14H,1-3,8-9,12H2,(H,21,24). The smallest absolute Gasteiger partial charge is 0.243 e. The number of amides is 1. The fourth-order valence-corrected chi connectivity index (χ4v) is 6.36. The molecular weight excluding hydrogens is 426 g/mol. The lowest BCUT2D eigenvalue weighted by molar-refractivity contribution is -0.115. The van der Waals surface area contributed by atoms with Crippen LogP contribution in [0.1, 0.15) is 25.0 Å². The third kappa shape index (κ3) is 4.75. The second-order valence-corrected chi connectivity index (χ2v) is 10.4. The van der Waals surface area contributed by atoms with Crippen molar-refractivity contribution in [1.29, 1.82) is 0 Å². The van der Waals surface area contributed by atoms with E-state index in [-0.39, 0.29) is 17.2 Å². The van der Waals surface area contributed by atoms with Crippen LogP contribution in [0.3, 0.4) is 0 Å². The Morgan fingerprint density at radius 1 is 1.14 bits per heavy atom. The molecule has 0 aliphatic carbocycles. The van der Waals surface area contributed by atoms with Gasteiger partial charge in [-0.3, -0.25) is 4.79 Å². The van der Waals surface area contributed by atoms with Gasteiger partial charge in [0.1, 0.15) is 5.01 Å². The van der Waals surface area contributed by atoms with E-state index in [1.807, 2.05) is 22.2 Å². The molecule has 3 heterocycles. The Morgan fingerprint density at radius 2 is 1.97 bits per heavy atom. The maximum absolute atomic E-state index is 12.8. The molecule has 0 unspecified atom stereocenters. The maximum Gasteiger partial charge on any atom is 0.243 e. The number of nitrogens with one attached hydrogen (secondary N) is 1. The fraction of sp³-hybridized carbons (Fsp3) is 0.300. The van der Waals surface area contributed by atoms with Gasteiger partial charge in [0.05, 0.1) is 17.0 Å². The minimum Gasteiger partial charge on any atom is -0.326 e. The highest BCUT2D eigenvalue weighted by molar-refractivity contribution is 7.89. The van der Waals surface area contributed by atoms with Gasteiger partial charge in [-0.1, -0.05) is 12.5 Å². The summed E-state index contributed by atoms with van der Waals surface area (Å²) in [5.41, 5.74) is 2.23. The molecule has 0 saturated carbocycles. The summed E-state index contributed by atoms with van der Waals surface area (Å²) in [5, 5.41) is 9.58. The van der Waals surface area contributed by atoms with Gasteiger partial charge in [-0.15, -0.1) is 11.3 Å². The molecular formula is C20H21N3O3S3. The molecule has 1 aliphatic heterocycles. The van der Waals surface area contributed by atoms with Crippen LogP contribution in [-0.4, -0.2) is 36.7 Å². The van der Waals surface area contributed by atoms with Crippen molar-refractivity contribution in [1.82, 2.24) is 9.29 Å². The minimum absolute atomic E-state index is 0.143. The number of rotatable bonds is 6. The first-order valence-corrected chi connectivity index (χ1v) is 12.7. The number of thiophene rings is 1. The van der Waals surface area contributed by atoms with Crippen LogP contribution < -0.4 is 5.32 Å². The van der Waals surface area contributed by atoms with Crippen LogP contribution in [0.4, 0.5) is 5.69 Å². The van der Waals surface area contributed by atoms with Crippen LogP contribution in [-0.2, 0) is 21.2 Å². The number of benzene rings is 1. The molecule has 152 valence electrons. The number of hydrogen-bond acceptors (Lipinski definition) is 6. The molecule has 0 radical (unpaired) electrons. The number of hydrogen-bond donors (Lipinski definition) is 1. The number of carbonyl (C=O) groups is 1. The molecule has 2 aromatic heterocycles. The summed E-state index contributed by atoms with van der Waals surface area (Å²) in [4.78, 5) is 17.2. The summed E-state index contributed by atoms with van der Waals surface area (Å²) in [6.07, 6.45) is 2.98. The normalized spacial score (nSPS) is 15.3. The zero-order valence-electron chi connectivity index (χ0n) is 15.7.